The number of aromatic nitrogens is 3. The van der Waals surface area contributed by atoms with Gasteiger partial charge < -0.3 is 0 Å². The summed E-state index contributed by atoms with van der Waals surface area (Å²) in [6.45, 7) is 1.69. The molecule has 2 heterocycles. The monoisotopic (exact) mass is 282 g/mol. The van der Waals surface area contributed by atoms with Crippen molar-refractivity contribution in [1.29, 1.82) is 5.26 Å². The summed E-state index contributed by atoms with van der Waals surface area (Å²) in [4.78, 5) is 16.7. The van der Waals surface area contributed by atoms with Crippen LogP contribution in [0.2, 0.25) is 0 Å². The minimum absolute atomic E-state index is 0.161. The van der Waals surface area contributed by atoms with Gasteiger partial charge in [0.25, 0.3) is 5.56 Å². The van der Waals surface area contributed by atoms with Crippen LogP contribution >= 0.6 is 0 Å². The summed E-state index contributed by atoms with van der Waals surface area (Å²) in [5, 5.41) is 11.7. The molecule has 21 heavy (non-hydrogen) atoms. The van der Waals surface area contributed by atoms with Crippen LogP contribution in [0.3, 0.4) is 0 Å². The lowest BCUT2D eigenvalue weighted by Gasteiger charge is -2.06. The quantitative estimate of drug-likeness (QED) is 0.780. The Bertz CT molecular complexity index is 933. The van der Waals surface area contributed by atoms with Gasteiger partial charge in [-0.2, -0.15) is 5.26 Å². The van der Waals surface area contributed by atoms with Crippen LogP contribution in [-0.2, 0) is 6.42 Å². The van der Waals surface area contributed by atoms with E-state index in [1.165, 1.54) is 16.8 Å². The Morgan fingerprint density at radius 1 is 1.43 bits per heavy atom. The van der Waals surface area contributed by atoms with E-state index >= 15 is 0 Å². The molecule has 0 unspecified atom stereocenters. The van der Waals surface area contributed by atoms with E-state index in [9.17, 15) is 9.18 Å². The molecule has 1 aromatic carbocycles. The van der Waals surface area contributed by atoms with Gasteiger partial charge in [0.05, 0.1) is 0 Å². The summed E-state index contributed by atoms with van der Waals surface area (Å²) in [5.41, 5.74) is 1.61. The molecular weight excluding hydrogens is 271 g/mol. The van der Waals surface area contributed by atoms with Crippen molar-refractivity contribution in [1.82, 2.24) is 14.6 Å². The van der Waals surface area contributed by atoms with Crippen LogP contribution in [0.5, 0.6) is 0 Å². The third-order valence-electron chi connectivity index (χ3n) is 3.41. The molecular formula is C15H11FN4O. The SMILES string of the molecule is Cc1nc2c(C#N)c[nH]n2c(=O)c1Cc1ccccc1F. The zero-order valence-corrected chi connectivity index (χ0v) is 11.2. The Kier molecular flexibility index (Phi) is 3.03. The zero-order valence-electron chi connectivity index (χ0n) is 11.2. The van der Waals surface area contributed by atoms with Gasteiger partial charge in [-0.25, -0.2) is 13.9 Å². The lowest BCUT2D eigenvalue weighted by atomic mass is 10.0. The van der Waals surface area contributed by atoms with E-state index in [4.69, 9.17) is 5.26 Å². The molecule has 0 amide bonds. The summed E-state index contributed by atoms with van der Waals surface area (Å²) in [6.07, 6.45) is 1.59. The van der Waals surface area contributed by atoms with E-state index in [1.807, 2.05) is 6.07 Å². The lowest BCUT2D eigenvalue weighted by Crippen LogP contribution is -2.22. The predicted octanol–water partition coefficient (Wildman–Crippen LogP) is 1.93. The maximum absolute atomic E-state index is 13.7. The molecule has 0 bridgehead atoms. The molecule has 0 saturated heterocycles. The second-order valence-electron chi connectivity index (χ2n) is 4.71. The van der Waals surface area contributed by atoms with Gasteiger partial charge in [0.1, 0.15) is 17.4 Å². The smallest absolute Gasteiger partial charge is 0.276 e. The fourth-order valence-corrected chi connectivity index (χ4v) is 2.27. The number of aryl methyl sites for hydroxylation is 1. The van der Waals surface area contributed by atoms with Crippen LogP contribution in [0.15, 0.2) is 35.3 Å². The van der Waals surface area contributed by atoms with E-state index in [2.05, 4.69) is 10.1 Å². The largest absolute Gasteiger partial charge is 0.295 e. The van der Waals surface area contributed by atoms with Gasteiger partial charge in [-0.1, -0.05) is 18.2 Å². The lowest BCUT2D eigenvalue weighted by molar-refractivity contribution is 0.613. The van der Waals surface area contributed by atoms with E-state index < -0.39 is 0 Å². The molecule has 0 saturated carbocycles. The maximum atomic E-state index is 13.7. The Morgan fingerprint density at radius 3 is 2.90 bits per heavy atom. The second-order valence-corrected chi connectivity index (χ2v) is 4.71. The van der Waals surface area contributed by atoms with Gasteiger partial charge in [-0.3, -0.25) is 9.89 Å². The summed E-state index contributed by atoms with van der Waals surface area (Å²) in [7, 11) is 0. The number of nitriles is 1. The van der Waals surface area contributed by atoms with Crippen molar-refractivity contribution in [2.24, 2.45) is 0 Å². The summed E-state index contributed by atoms with van der Waals surface area (Å²) in [5.74, 6) is -0.356. The molecule has 104 valence electrons. The number of nitrogens with one attached hydrogen (secondary N) is 1. The number of H-pyrrole nitrogens is 1. The third-order valence-corrected chi connectivity index (χ3v) is 3.41. The van der Waals surface area contributed by atoms with Crippen LogP contribution < -0.4 is 5.56 Å². The van der Waals surface area contributed by atoms with Crippen molar-refractivity contribution in [2.75, 3.05) is 0 Å². The highest BCUT2D eigenvalue weighted by atomic mass is 19.1. The predicted molar refractivity (Wildman–Crippen MR) is 74.5 cm³/mol. The topological polar surface area (TPSA) is 73.9 Å². The maximum Gasteiger partial charge on any atom is 0.276 e. The Labute approximate surface area is 119 Å². The third kappa shape index (κ3) is 2.09. The number of nitrogens with zero attached hydrogens (tertiary/aromatic N) is 3. The van der Waals surface area contributed by atoms with E-state index in [1.54, 1.807) is 25.1 Å². The normalized spacial score (nSPS) is 10.7. The highest BCUT2D eigenvalue weighted by Crippen LogP contribution is 2.14. The Hall–Kier alpha value is -2.94. The van der Waals surface area contributed by atoms with Crippen LogP contribution in [0.1, 0.15) is 22.4 Å². The van der Waals surface area contributed by atoms with E-state index in [0.717, 1.165) is 0 Å². The molecule has 0 spiro atoms. The first-order valence-electron chi connectivity index (χ1n) is 6.35. The minimum Gasteiger partial charge on any atom is -0.295 e. The molecule has 0 fully saturated rings. The Morgan fingerprint density at radius 2 is 2.19 bits per heavy atom. The summed E-state index contributed by atoms with van der Waals surface area (Å²) in [6, 6.07) is 8.29. The zero-order chi connectivity index (χ0) is 15.0. The molecule has 0 radical (unpaired) electrons. The first-order valence-corrected chi connectivity index (χ1v) is 6.35. The molecule has 6 heteroatoms. The fourth-order valence-electron chi connectivity index (χ4n) is 2.27. The summed E-state index contributed by atoms with van der Waals surface area (Å²) < 4.78 is 14.9. The number of halogens is 1. The first-order chi connectivity index (χ1) is 10.1. The van der Waals surface area contributed by atoms with Crippen molar-refractivity contribution in [3.05, 3.63) is 69.0 Å². The van der Waals surface area contributed by atoms with Crippen molar-refractivity contribution < 1.29 is 4.39 Å². The van der Waals surface area contributed by atoms with Gasteiger partial charge >= 0.3 is 0 Å². The number of fused-ring (bicyclic) bond motifs is 1. The molecule has 0 aliphatic heterocycles. The minimum atomic E-state index is -0.356. The molecule has 1 N–H and O–H groups in total. The molecule has 3 rings (SSSR count). The van der Waals surface area contributed by atoms with Crippen LogP contribution in [-0.4, -0.2) is 14.6 Å². The molecule has 5 nitrogen and oxygen atoms in total. The molecule has 0 aliphatic carbocycles. The van der Waals surface area contributed by atoms with Gasteiger partial charge in [-0.15, -0.1) is 0 Å². The number of hydrogen-bond acceptors (Lipinski definition) is 3. The van der Waals surface area contributed by atoms with Crippen LogP contribution in [0, 0.1) is 24.1 Å². The van der Waals surface area contributed by atoms with Crippen molar-refractivity contribution in [2.45, 2.75) is 13.3 Å². The molecule has 0 atom stereocenters. The highest BCUT2D eigenvalue weighted by molar-refractivity contribution is 5.54. The van der Waals surface area contributed by atoms with Crippen molar-refractivity contribution in [3.8, 4) is 6.07 Å². The second kappa shape index (κ2) is 4.87. The number of hydrogen-bond donors (Lipinski definition) is 1. The molecule has 2 aromatic heterocycles. The Balaban J connectivity index is 2.18. The average molecular weight is 282 g/mol. The van der Waals surface area contributed by atoms with Gasteiger partial charge in [0, 0.05) is 23.9 Å². The standard InChI is InChI=1S/C15H11FN4O/c1-9-12(6-10-4-2-3-5-13(10)16)15(21)20-14(19-9)11(7-17)8-18-20/h2-5,8,18H,6H2,1H3. The highest BCUT2D eigenvalue weighted by Gasteiger charge is 2.15. The summed E-state index contributed by atoms with van der Waals surface area (Å²) >= 11 is 0. The van der Waals surface area contributed by atoms with Gasteiger partial charge in [-0.05, 0) is 18.6 Å². The van der Waals surface area contributed by atoms with Gasteiger partial charge in [0.15, 0.2) is 5.65 Å². The fraction of sp³-hybridized carbons (Fsp3) is 0.133. The van der Waals surface area contributed by atoms with Crippen molar-refractivity contribution in [3.63, 3.8) is 0 Å². The van der Waals surface area contributed by atoms with Crippen molar-refractivity contribution >= 4 is 5.65 Å². The molecule has 0 aliphatic rings. The number of rotatable bonds is 2. The number of benzene rings is 1. The van der Waals surface area contributed by atoms with E-state index in [0.29, 0.717) is 22.4 Å². The average Bonchev–Trinajstić information content (AvgIpc) is 2.88. The van der Waals surface area contributed by atoms with Crippen LogP contribution in [0.4, 0.5) is 4.39 Å². The van der Waals surface area contributed by atoms with Gasteiger partial charge in [0.2, 0.25) is 0 Å². The van der Waals surface area contributed by atoms with E-state index in [-0.39, 0.29) is 23.4 Å². The number of aromatic amines is 1. The molecule has 3 aromatic rings. The van der Waals surface area contributed by atoms with Crippen LogP contribution in [0.25, 0.3) is 5.65 Å². The first kappa shape index (κ1) is 13.1.